The number of rotatable bonds is 3. The molecule has 0 saturated heterocycles. The van der Waals surface area contributed by atoms with E-state index in [9.17, 15) is 14.0 Å². The first-order valence-corrected chi connectivity index (χ1v) is 5.82. The second-order valence-electron chi connectivity index (χ2n) is 3.77. The molecule has 102 valence electrons. The van der Waals surface area contributed by atoms with Crippen LogP contribution in [0.25, 0.3) is 0 Å². The minimum absolute atomic E-state index is 0.106. The van der Waals surface area contributed by atoms with E-state index in [2.05, 4.69) is 10.3 Å². The highest BCUT2D eigenvalue weighted by molar-refractivity contribution is 6.31. The lowest BCUT2D eigenvalue weighted by Gasteiger charge is -2.07. The van der Waals surface area contributed by atoms with E-state index in [0.29, 0.717) is 0 Å². The van der Waals surface area contributed by atoms with Crippen LogP contribution < -0.4 is 5.32 Å². The molecule has 2 rings (SSSR count). The van der Waals surface area contributed by atoms with Crippen LogP contribution in [-0.4, -0.2) is 22.0 Å². The summed E-state index contributed by atoms with van der Waals surface area (Å²) < 4.78 is 13.6. The van der Waals surface area contributed by atoms with E-state index in [1.165, 1.54) is 36.4 Å². The van der Waals surface area contributed by atoms with E-state index >= 15 is 0 Å². The average molecular weight is 295 g/mol. The maximum atomic E-state index is 13.6. The third-order valence-electron chi connectivity index (χ3n) is 2.40. The van der Waals surface area contributed by atoms with Gasteiger partial charge in [-0.15, -0.1) is 0 Å². The fraction of sp³-hybridized carbons (Fsp3) is 0. The predicted octanol–water partition coefficient (Wildman–Crippen LogP) is 2.82. The molecule has 0 saturated carbocycles. The van der Waals surface area contributed by atoms with Crippen molar-refractivity contribution in [3.63, 3.8) is 0 Å². The molecule has 2 aromatic rings. The number of aromatic nitrogens is 1. The van der Waals surface area contributed by atoms with Crippen LogP contribution >= 0.6 is 11.6 Å². The van der Waals surface area contributed by atoms with Crippen LogP contribution in [0.3, 0.4) is 0 Å². The summed E-state index contributed by atoms with van der Waals surface area (Å²) in [5, 5.41) is 10.9. The third kappa shape index (κ3) is 2.92. The van der Waals surface area contributed by atoms with Crippen molar-refractivity contribution in [3.8, 4) is 0 Å². The minimum atomic E-state index is -1.26. The molecule has 1 aromatic heterocycles. The monoisotopic (exact) mass is 294 g/mol. The number of hydrogen-bond acceptors (Lipinski definition) is 3. The molecular formula is C13H8ClFN2O3. The van der Waals surface area contributed by atoms with Crippen molar-refractivity contribution in [1.82, 2.24) is 4.98 Å². The van der Waals surface area contributed by atoms with E-state index in [1.54, 1.807) is 0 Å². The number of carbonyl (C=O) groups excluding carboxylic acids is 1. The fourth-order valence-electron chi connectivity index (χ4n) is 1.47. The van der Waals surface area contributed by atoms with Crippen molar-refractivity contribution < 1.29 is 19.1 Å². The van der Waals surface area contributed by atoms with E-state index in [0.717, 1.165) is 0 Å². The second kappa shape index (κ2) is 5.66. The van der Waals surface area contributed by atoms with Crippen LogP contribution in [0.5, 0.6) is 0 Å². The Kier molecular flexibility index (Phi) is 3.95. The number of benzene rings is 1. The smallest absolute Gasteiger partial charge is 0.354 e. The molecule has 20 heavy (non-hydrogen) atoms. The molecular weight excluding hydrogens is 287 g/mol. The van der Waals surface area contributed by atoms with Gasteiger partial charge < -0.3 is 10.4 Å². The van der Waals surface area contributed by atoms with Gasteiger partial charge in [-0.05, 0) is 24.3 Å². The van der Waals surface area contributed by atoms with Crippen LogP contribution in [0.15, 0.2) is 36.4 Å². The van der Waals surface area contributed by atoms with E-state index < -0.39 is 17.7 Å². The third-order valence-corrected chi connectivity index (χ3v) is 2.69. The SMILES string of the molecule is O=C(O)c1cccc(C(=O)Nc2cccc(Cl)c2F)n1. The summed E-state index contributed by atoms with van der Waals surface area (Å²) in [6.45, 7) is 0. The molecule has 2 N–H and O–H groups in total. The first-order valence-electron chi connectivity index (χ1n) is 5.45. The van der Waals surface area contributed by atoms with Crippen molar-refractivity contribution in [2.24, 2.45) is 0 Å². The topological polar surface area (TPSA) is 79.3 Å². The highest BCUT2D eigenvalue weighted by atomic mass is 35.5. The molecule has 0 spiro atoms. The molecule has 0 aliphatic heterocycles. The Morgan fingerprint density at radius 2 is 1.80 bits per heavy atom. The van der Waals surface area contributed by atoms with Crippen molar-refractivity contribution in [3.05, 3.63) is 58.6 Å². The largest absolute Gasteiger partial charge is 0.477 e. The maximum absolute atomic E-state index is 13.6. The van der Waals surface area contributed by atoms with Gasteiger partial charge in [0.15, 0.2) is 5.82 Å². The molecule has 0 fully saturated rings. The number of carboxylic acids is 1. The number of pyridine rings is 1. The molecule has 0 radical (unpaired) electrons. The molecule has 0 aliphatic rings. The zero-order valence-corrected chi connectivity index (χ0v) is 10.7. The van der Waals surface area contributed by atoms with Gasteiger partial charge in [0.1, 0.15) is 11.4 Å². The van der Waals surface area contributed by atoms with Crippen LogP contribution in [0, 0.1) is 5.82 Å². The zero-order chi connectivity index (χ0) is 14.7. The summed E-state index contributed by atoms with van der Waals surface area (Å²) in [4.78, 5) is 26.3. The van der Waals surface area contributed by atoms with Gasteiger partial charge in [-0.3, -0.25) is 4.79 Å². The van der Waals surface area contributed by atoms with E-state index in [1.807, 2.05) is 0 Å². The summed E-state index contributed by atoms with van der Waals surface area (Å²) in [6, 6.07) is 8.10. The summed E-state index contributed by atoms with van der Waals surface area (Å²) in [6.07, 6.45) is 0. The highest BCUT2D eigenvalue weighted by Crippen LogP contribution is 2.22. The minimum Gasteiger partial charge on any atom is -0.477 e. The molecule has 0 unspecified atom stereocenters. The van der Waals surface area contributed by atoms with Crippen LogP contribution in [0.4, 0.5) is 10.1 Å². The van der Waals surface area contributed by atoms with Gasteiger partial charge >= 0.3 is 5.97 Å². The van der Waals surface area contributed by atoms with Crippen molar-refractivity contribution in [2.75, 3.05) is 5.32 Å². The molecule has 7 heteroatoms. The summed E-state index contributed by atoms with van der Waals surface area (Å²) in [7, 11) is 0. The van der Waals surface area contributed by atoms with Gasteiger partial charge in [0.25, 0.3) is 5.91 Å². The van der Waals surface area contributed by atoms with Crippen molar-refractivity contribution >= 4 is 29.2 Å². The lowest BCUT2D eigenvalue weighted by Crippen LogP contribution is -2.16. The van der Waals surface area contributed by atoms with E-state index in [4.69, 9.17) is 16.7 Å². The number of halogens is 2. The fourth-order valence-corrected chi connectivity index (χ4v) is 1.64. The van der Waals surface area contributed by atoms with Gasteiger partial charge in [-0.2, -0.15) is 0 Å². The Hall–Kier alpha value is -2.47. The lowest BCUT2D eigenvalue weighted by atomic mass is 10.2. The van der Waals surface area contributed by atoms with Gasteiger partial charge in [-0.25, -0.2) is 14.2 Å². The second-order valence-corrected chi connectivity index (χ2v) is 4.18. The number of aromatic carboxylic acids is 1. The molecule has 0 bridgehead atoms. The Balaban J connectivity index is 2.26. The molecule has 0 aliphatic carbocycles. The molecule has 0 atom stereocenters. The van der Waals surface area contributed by atoms with Gasteiger partial charge in [0.05, 0.1) is 10.7 Å². The number of anilines is 1. The zero-order valence-electron chi connectivity index (χ0n) is 9.93. The van der Waals surface area contributed by atoms with Crippen LogP contribution in [0.1, 0.15) is 21.0 Å². The van der Waals surface area contributed by atoms with Crippen LogP contribution in [0.2, 0.25) is 5.02 Å². The first-order chi connectivity index (χ1) is 9.49. The van der Waals surface area contributed by atoms with Crippen LogP contribution in [-0.2, 0) is 0 Å². The van der Waals surface area contributed by atoms with Gasteiger partial charge in [-0.1, -0.05) is 23.7 Å². The quantitative estimate of drug-likeness (QED) is 0.912. The number of nitrogens with zero attached hydrogens (tertiary/aromatic N) is 1. The summed E-state index contributed by atoms with van der Waals surface area (Å²) in [5.74, 6) is -2.75. The Labute approximate surface area is 118 Å². The number of hydrogen-bond donors (Lipinski definition) is 2. The molecule has 1 amide bonds. The number of carbonyl (C=O) groups is 2. The summed E-state index contributed by atoms with van der Waals surface area (Å²) >= 11 is 5.59. The summed E-state index contributed by atoms with van der Waals surface area (Å²) in [5.41, 5.74) is -0.515. The standard InChI is InChI=1S/C13H8ClFN2O3/c14-7-3-1-4-8(11(7)15)17-12(18)9-5-2-6-10(16-9)13(19)20/h1-6H,(H,17,18)(H,19,20). The first kappa shape index (κ1) is 14.0. The Bertz CT molecular complexity index is 691. The normalized spacial score (nSPS) is 10.1. The van der Waals surface area contributed by atoms with Gasteiger partial charge in [0, 0.05) is 0 Å². The number of carboxylic acid groups (broad SMARTS) is 1. The Morgan fingerprint density at radius 1 is 1.15 bits per heavy atom. The van der Waals surface area contributed by atoms with E-state index in [-0.39, 0.29) is 22.1 Å². The molecule has 1 heterocycles. The Morgan fingerprint density at radius 3 is 2.50 bits per heavy atom. The van der Waals surface area contributed by atoms with Gasteiger partial charge in [0.2, 0.25) is 0 Å². The highest BCUT2D eigenvalue weighted by Gasteiger charge is 2.14. The number of nitrogens with one attached hydrogen (secondary N) is 1. The average Bonchev–Trinajstić information content (AvgIpc) is 2.44. The van der Waals surface area contributed by atoms with Crippen molar-refractivity contribution in [1.29, 1.82) is 0 Å². The lowest BCUT2D eigenvalue weighted by molar-refractivity contribution is 0.0690. The molecule has 5 nitrogen and oxygen atoms in total. The number of amides is 1. The van der Waals surface area contributed by atoms with Crippen molar-refractivity contribution in [2.45, 2.75) is 0 Å². The maximum Gasteiger partial charge on any atom is 0.354 e. The molecule has 1 aromatic carbocycles. The predicted molar refractivity (Wildman–Crippen MR) is 70.6 cm³/mol.